The molecular formula is C13H17ClN2O3. The van der Waals surface area contributed by atoms with Gasteiger partial charge in [0.05, 0.1) is 30.0 Å². The Morgan fingerprint density at radius 3 is 2.95 bits per heavy atom. The number of ether oxygens (including phenoxy) is 1. The Morgan fingerprint density at radius 2 is 2.37 bits per heavy atom. The zero-order valence-electron chi connectivity index (χ0n) is 10.7. The first kappa shape index (κ1) is 14.1. The maximum Gasteiger partial charge on any atom is 0.242 e. The van der Waals surface area contributed by atoms with Crippen molar-refractivity contribution in [1.29, 1.82) is 0 Å². The van der Waals surface area contributed by atoms with E-state index in [4.69, 9.17) is 22.1 Å². The van der Waals surface area contributed by atoms with E-state index in [0.717, 1.165) is 11.3 Å². The number of halogens is 1. The highest BCUT2D eigenvalue weighted by atomic mass is 35.5. The second-order valence-electron chi connectivity index (χ2n) is 4.57. The minimum Gasteiger partial charge on any atom is -0.389 e. The van der Waals surface area contributed by atoms with Crippen molar-refractivity contribution in [1.82, 2.24) is 0 Å². The molecule has 1 aromatic carbocycles. The number of carbonyl (C=O) groups excluding carboxylic acids is 1. The molecule has 1 heterocycles. The average molecular weight is 285 g/mol. The summed E-state index contributed by atoms with van der Waals surface area (Å²) in [5.74, 6) is -0.435. The van der Waals surface area contributed by atoms with Gasteiger partial charge in [-0.2, -0.15) is 0 Å². The summed E-state index contributed by atoms with van der Waals surface area (Å²) in [6.45, 7) is 3.02. The van der Waals surface area contributed by atoms with Gasteiger partial charge in [0, 0.05) is 6.54 Å². The average Bonchev–Trinajstić information content (AvgIpc) is 2.38. The lowest BCUT2D eigenvalue weighted by Crippen LogP contribution is -2.52. The molecular weight excluding hydrogens is 268 g/mol. The van der Waals surface area contributed by atoms with Crippen molar-refractivity contribution in [2.24, 2.45) is 5.73 Å². The number of anilines is 1. The van der Waals surface area contributed by atoms with E-state index in [-0.39, 0.29) is 6.61 Å². The largest absolute Gasteiger partial charge is 0.389 e. The molecule has 0 aromatic heterocycles. The van der Waals surface area contributed by atoms with E-state index in [9.17, 15) is 9.90 Å². The normalized spacial score (nSPS) is 21.2. The predicted molar refractivity (Wildman–Crippen MR) is 73.2 cm³/mol. The molecule has 2 atom stereocenters. The molecule has 1 aromatic rings. The molecule has 0 aliphatic carbocycles. The van der Waals surface area contributed by atoms with E-state index in [0.29, 0.717) is 18.2 Å². The van der Waals surface area contributed by atoms with Crippen LogP contribution in [0.4, 0.5) is 5.69 Å². The Morgan fingerprint density at radius 1 is 1.63 bits per heavy atom. The van der Waals surface area contributed by atoms with E-state index in [1.807, 2.05) is 4.90 Å². The lowest BCUT2D eigenvalue weighted by atomic mass is 10.1. The smallest absolute Gasteiger partial charge is 0.242 e. The second-order valence-corrected chi connectivity index (χ2v) is 4.98. The number of benzene rings is 1. The summed E-state index contributed by atoms with van der Waals surface area (Å²) >= 11 is 6.23. The van der Waals surface area contributed by atoms with Crippen LogP contribution in [-0.4, -0.2) is 36.8 Å². The molecule has 6 heteroatoms. The van der Waals surface area contributed by atoms with E-state index in [2.05, 4.69) is 0 Å². The molecule has 3 N–H and O–H groups in total. The van der Waals surface area contributed by atoms with Gasteiger partial charge in [0.2, 0.25) is 5.91 Å². The molecule has 19 heavy (non-hydrogen) atoms. The molecule has 1 fully saturated rings. The van der Waals surface area contributed by atoms with Crippen LogP contribution >= 0.6 is 11.6 Å². The van der Waals surface area contributed by atoms with E-state index in [1.54, 1.807) is 25.1 Å². The lowest BCUT2D eigenvalue weighted by Gasteiger charge is -2.36. The molecule has 1 amide bonds. The summed E-state index contributed by atoms with van der Waals surface area (Å²) in [4.78, 5) is 13.3. The first-order valence-electron chi connectivity index (χ1n) is 6.12. The van der Waals surface area contributed by atoms with Gasteiger partial charge in [0.15, 0.2) is 0 Å². The molecule has 1 aliphatic heterocycles. The molecule has 0 radical (unpaired) electrons. The number of carbonyl (C=O) groups is 1. The highest BCUT2D eigenvalue weighted by molar-refractivity contribution is 6.33. The van der Waals surface area contributed by atoms with Crippen LogP contribution in [0.2, 0.25) is 5.02 Å². The van der Waals surface area contributed by atoms with Crippen LogP contribution < -0.4 is 10.6 Å². The molecule has 0 spiro atoms. The maximum atomic E-state index is 11.4. The minimum absolute atomic E-state index is 0.268. The van der Waals surface area contributed by atoms with E-state index < -0.39 is 18.1 Å². The summed E-state index contributed by atoms with van der Waals surface area (Å²) in [5, 5.41) is 10.0. The molecule has 0 bridgehead atoms. The molecule has 1 aliphatic rings. The summed E-state index contributed by atoms with van der Waals surface area (Å²) in [6.07, 6.45) is -0.580. The third kappa shape index (κ3) is 3.00. The molecule has 1 saturated heterocycles. The molecule has 2 rings (SSSR count). The minimum atomic E-state index is -0.580. The second kappa shape index (κ2) is 5.77. The van der Waals surface area contributed by atoms with Crippen molar-refractivity contribution in [2.75, 3.05) is 24.7 Å². The standard InChI is InChI=1S/C13H17ClN2O3/c1-8(17)9-2-3-11(10(14)6-9)16-4-5-19-7-12(16)13(15)18/h2-3,6,8,12,17H,4-5,7H2,1H3,(H2,15,18). The number of primary amides is 1. The highest BCUT2D eigenvalue weighted by Gasteiger charge is 2.29. The fraction of sp³-hybridized carbons (Fsp3) is 0.462. The van der Waals surface area contributed by atoms with Gasteiger partial charge in [-0.25, -0.2) is 0 Å². The predicted octanol–water partition coefficient (Wildman–Crippen LogP) is 1.08. The number of hydrogen-bond acceptors (Lipinski definition) is 4. The number of amides is 1. The van der Waals surface area contributed by atoms with Gasteiger partial charge in [0.1, 0.15) is 6.04 Å². The van der Waals surface area contributed by atoms with Crippen molar-refractivity contribution in [3.63, 3.8) is 0 Å². The highest BCUT2D eigenvalue weighted by Crippen LogP contribution is 2.31. The fourth-order valence-corrected chi connectivity index (χ4v) is 2.44. The summed E-state index contributed by atoms with van der Waals surface area (Å²) in [6, 6.07) is 4.78. The van der Waals surface area contributed by atoms with Crippen molar-refractivity contribution in [2.45, 2.75) is 19.1 Å². The van der Waals surface area contributed by atoms with Gasteiger partial charge in [-0.05, 0) is 24.6 Å². The number of rotatable bonds is 3. The van der Waals surface area contributed by atoms with Gasteiger partial charge in [-0.3, -0.25) is 4.79 Å². The van der Waals surface area contributed by atoms with Crippen molar-refractivity contribution < 1.29 is 14.6 Å². The number of nitrogens with zero attached hydrogens (tertiary/aromatic N) is 1. The zero-order chi connectivity index (χ0) is 14.0. The Labute approximate surface area is 116 Å². The van der Waals surface area contributed by atoms with Crippen molar-refractivity contribution >= 4 is 23.2 Å². The number of hydrogen-bond donors (Lipinski definition) is 2. The summed E-state index contributed by atoms with van der Waals surface area (Å²) in [7, 11) is 0. The van der Waals surface area contributed by atoms with Crippen LogP contribution in [0.25, 0.3) is 0 Å². The van der Waals surface area contributed by atoms with Gasteiger partial charge in [0.25, 0.3) is 0 Å². The van der Waals surface area contributed by atoms with E-state index in [1.165, 1.54) is 0 Å². The van der Waals surface area contributed by atoms with Gasteiger partial charge < -0.3 is 20.5 Å². The first-order valence-corrected chi connectivity index (χ1v) is 6.49. The number of morpholine rings is 1. The fourth-order valence-electron chi connectivity index (χ4n) is 2.14. The maximum absolute atomic E-state index is 11.4. The van der Waals surface area contributed by atoms with E-state index >= 15 is 0 Å². The third-order valence-electron chi connectivity index (χ3n) is 3.22. The topological polar surface area (TPSA) is 75.8 Å². The number of aliphatic hydroxyl groups excluding tert-OH is 1. The summed E-state index contributed by atoms with van der Waals surface area (Å²) in [5.41, 5.74) is 6.85. The van der Waals surface area contributed by atoms with Crippen LogP contribution in [-0.2, 0) is 9.53 Å². The molecule has 104 valence electrons. The van der Waals surface area contributed by atoms with Gasteiger partial charge in [-0.15, -0.1) is 0 Å². The summed E-state index contributed by atoms with van der Waals surface area (Å²) < 4.78 is 5.27. The quantitative estimate of drug-likeness (QED) is 0.871. The van der Waals surface area contributed by atoms with Crippen LogP contribution in [0.3, 0.4) is 0 Å². The SMILES string of the molecule is CC(O)c1ccc(N2CCOCC2C(N)=O)c(Cl)c1. The first-order chi connectivity index (χ1) is 9.00. The lowest BCUT2D eigenvalue weighted by molar-refractivity contribution is -0.121. The molecule has 2 unspecified atom stereocenters. The Hall–Kier alpha value is -1.30. The van der Waals surface area contributed by atoms with Crippen LogP contribution in [0.1, 0.15) is 18.6 Å². The van der Waals surface area contributed by atoms with Gasteiger partial charge >= 0.3 is 0 Å². The van der Waals surface area contributed by atoms with Crippen LogP contribution in [0.5, 0.6) is 0 Å². The van der Waals surface area contributed by atoms with Crippen LogP contribution in [0, 0.1) is 0 Å². The third-order valence-corrected chi connectivity index (χ3v) is 3.52. The number of nitrogens with two attached hydrogens (primary N) is 1. The van der Waals surface area contributed by atoms with Crippen LogP contribution in [0.15, 0.2) is 18.2 Å². The monoisotopic (exact) mass is 284 g/mol. The molecule has 0 saturated carbocycles. The number of aliphatic hydroxyl groups is 1. The Balaban J connectivity index is 2.31. The Bertz CT molecular complexity index is 479. The zero-order valence-corrected chi connectivity index (χ0v) is 11.4. The Kier molecular flexibility index (Phi) is 4.29. The van der Waals surface area contributed by atoms with Gasteiger partial charge in [-0.1, -0.05) is 17.7 Å². The van der Waals surface area contributed by atoms with Crippen molar-refractivity contribution in [3.05, 3.63) is 28.8 Å². The van der Waals surface area contributed by atoms with Crippen molar-refractivity contribution in [3.8, 4) is 0 Å². The molecule has 5 nitrogen and oxygen atoms in total.